The van der Waals surface area contributed by atoms with Gasteiger partial charge in [-0.15, -0.1) is 0 Å². The van der Waals surface area contributed by atoms with Crippen LogP contribution in [-0.4, -0.2) is 61.8 Å². The zero-order chi connectivity index (χ0) is 20.4. The second-order valence-corrected chi connectivity index (χ2v) is 6.77. The van der Waals surface area contributed by atoms with Crippen LogP contribution in [0.2, 0.25) is 0 Å². The fourth-order valence-corrected chi connectivity index (χ4v) is 3.36. The first-order valence-corrected chi connectivity index (χ1v) is 9.13. The molecule has 2 aromatic carbocycles. The monoisotopic (exact) mass is 400 g/mol. The van der Waals surface area contributed by atoms with E-state index in [4.69, 9.17) is 23.7 Å². The first-order valence-electron chi connectivity index (χ1n) is 9.13. The number of methoxy groups -OCH3 is 1. The zero-order valence-electron chi connectivity index (χ0n) is 15.6. The lowest BCUT2D eigenvalue weighted by Crippen LogP contribution is -2.34. The Morgan fingerprint density at radius 2 is 1.41 bits per heavy atom. The topological polar surface area (TPSA) is 101 Å². The molecule has 8 nitrogen and oxygen atoms in total. The number of fused-ring (bicyclic) bond motifs is 1. The summed E-state index contributed by atoms with van der Waals surface area (Å²) < 4.78 is 27.4. The number of aromatic hydroxyl groups is 1. The molecule has 0 saturated carbocycles. The molecule has 2 aliphatic heterocycles. The van der Waals surface area contributed by atoms with Crippen LogP contribution in [0.4, 0.5) is 0 Å². The van der Waals surface area contributed by atoms with E-state index >= 15 is 0 Å². The quantitative estimate of drug-likeness (QED) is 0.600. The van der Waals surface area contributed by atoms with Crippen LogP contribution in [0.5, 0.6) is 11.5 Å². The lowest BCUT2D eigenvalue weighted by molar-refractivity contribution is -0.0280. The van der Waals surface area contributed by atoms with Crippen LogP contribution in [0.3, 0.4) is 0 Å². The number of benzene rings is 2. The Kier molecular flexibility index (Phi) is 5.48. The Labute approximate surface area is 166 Å². The maximum atomic E-state index is 12.4. The first kappa shape index (κ1) is 19.4. The van der Waals surface area contributed by atoms with Crippen molar-refractivity contribution in [2.45, 2.75) is 24.4 Å². The van der Waals surface area contributed by atoms with Gasteiger partial charge in [-0.05, 0) is 48.5 Å². The first-order chi connectivity index (χ1) is 14.0. The summed E-state index contributed by atoms with van der Waals surface area (Å²) in [7, 11) is 1.59. The van der Waals surface area contributed by atoms with Gasteiger partial charge in [-0.1, -0.05) is 0 Å². The highest BCUT2D eigenvalue weighted by atomic mass is 16.7. The average molecular weight is 400 g/mol. The van der Waals surface area contributed by atoms with Gasteiger partial charge >= 0.3 is 11.9 Å². The fraction of sp³-hybridized carbons (Fsp3) is 0.333. The molecule has 0 bridgehead atoms. The van der Waals surface area contributed by atoms with Crippen molar-refractivity contribution in [2.75, 3.05) is 20.3 Å². The summed E-state index contributed by atoms with van der Waals surface area (Å²) in [6.45, 7) is 0.657. The maximum Gasteiger partial charge on any atom is 0.343 e. The molecule has 2 fully saturated rings. The molecule has 0 radical (unpaired) electrons. The van der Waals surface area contributed by atoms with Gasteiger partial charge in [0.15, 0.2) is 6.10 Å². The molecular weight excluding hydrogens is 380 g/mol. The van der Waals surface area contributed by atoms with Crippen molar-refractivity contribution in [3.8, 4) is 11.5 Å². The van der Waals surface area contributed by atoms with E-state index in [1.165, 1.54) is 48.5 Å². The summed E-state index contributed by atoms with van der Waals surface area (Å²) in [6, 6.07) is 11.8. The summed E-state index contributed by atoms with van der Waals surface area (Å²) in [5.41, 5.74) is 0.618. The number of hydrogen-bond acceptors (Lipinski definition) is 8. The zero-order valence-corrected chi connectivity index (χ0v) is 15.6. The molecule has 4 atom stereocenters. The number of phenols is 1. The summed E-state index contributed by atoms with van der Waals surface area (Å²) >= 11 is 0. The number of phenolic OH excluding ortho intramolecular Hbond substituents is 1. The summed E-state index contributed by atoms with van der Waals surface area (Å²) in [4.78, 5) is 24.5. The molecule has 2 aromatic rings. The summed E-state index contributed by atoms with van der Waals surface area (Å²) in [5.74, 6) is -0.740. The smallest absolute Gasteiger partial charge is 0.343 e. The van der Waals surface area contributed by atoms with Crippen molar-refractivity contribution in [2.24, 2.45) is 0 Å². The number of carbonyl (C=O) groups excluding carboxylic acids is 2. The van der Waals surface area contributed by atoms with Crippen LogP contribution in [0.15, 0.2) is 48.5 Å². The second kappa shape index (κ2) is 8.20. The molecule has 2 unspecified atom stereocenters. The van der Waals surface area contributed by atoms with Gasteiger partial charge in [0.2, 0.25) is 0 Å². The van der Waals surface area contributed by atoms with Crippen LogP contribution < -0.4 is 4.74 Å². The Hall–Kier alpha value is -2.94. The maximum absolute atomic E-state index is 12.4. The third-order valence-electron chi connectivity index (χ3n) is 4.93. The Balaban J connectivity index is 1.35. The van der Waals surface area contributed by atoms with E-state index in [0.717, 1.165) is 0 Å². The van der Waals surface area contributed by atoms with Crippen LogP contribution in [0.1, 0.15) is 20.7 Å². The molecule has 2 heterocycles. The molecule has 152 valence electrons. The van der Waals surface area contributed by atoms with Crippen molar-refractivity contribution >= 4 is 11.9 Å². The van der Waals surface area contributed by atoms with E-state index in [-0.39, 0.29) is 36.4 Å². The predicted molar refractivity (Wildman–Crippen MR) is 99.0 cm³/mol. The van der Waals surface area contributed by atoms with Crippen molar-refractivity contribution in [3.05, 3.63) is 59.7 Å². The third kappa shape index (κ3) is 4.09. The second-order valence-electron chi connectivity index (χ2n) is 6.77. The Morgan fingerprint density at radius 1 is 0.862 bits per heavy atom. The van der Waals surface area contributed by atoms with E-state index in [2.05, 4.69) is 0 Å². The summed E-state index contributed by atoms with van der Waals surface area (Å²) in [5, 5.41) is 9.27. The minimum absolute atomic E-state index is 0.0594. The third-order valence-corrected chi connectivity index (χ3v) is 4.93. The van der Waals surface area contributed by atoms with Gasteiger partial charge in [-0.3, -0.25) is 0 Å². The molecule has 2 saturated heterocycles. The van der Waals surface area contributed by atoms with Crippen LogP contribution in [-0.2, 0) is 18.9 Å². The molecule has 0 aromatic heterocycles. The Bertz CT molecular complexity index is 877. The van der Waals surface area contributed by atoms with Gasteiger partial charge in [-0.25, -0.2) is 9.59 Å². The molecule has 29 heavy (non-hydrogen) atoms. The molecular formula is C21H20O8. The fourth-order valence-electron chi connectivity index (χ4n) is 3.36. The minimum atomic E-state index is -0.569. The normalized spacial score (nSPS) is 25.4. The Morgan fingerprint density at radius 3 is 2.07 bits per heavy atom. The molecule has 0 aliphatic carbocycles. The van der Waals surface area contributed by atoms with Crippen molar-refractivity contribution < 1.29 is 38.4 Å². The van der Waals surface area contributed by atoms with Crippen molar-refractivity contribution in [3.63, 3.8) is 0 Å². The van der Waals surface area contributed by atoms with Crippen LogP contribution in [0, 0.1) is 0 Å². The van der Waals surface area contributed by atoms with E-state index in [9.17, 15) is 14.7 Å². The SMILES string of the molecule is CO[C@@H]1COC2C1OC[C@@H]2OC(=O)c1ccc(OC(=O)c2ccc(O)cc2)cc1. The molecule has 0 amide bonds. The van der Waals surface area contributed by atoms with Gasteiger partial charge in [0.1, 0.15) is 29.8 Å². The van der Waals surface area contributed by atoms with Gasteiger partial charge in [0, 0.05) is 7.11 Å². The highest BCUT2D eigenvalue weighted by Crippen LogP contribution is 2.30. The van der Waals surface area contributed by atoms with Crippen LogP contribution in [0.25, 0.3) is 0 Å². The highest BCUT2D eigenvalue weighted by molar-refractivity contribution is 5.92. The highest BCUT2D eigenvalue weighted by Gasteiger charge is 2.49. The van der Waals surface area contributed by atoms with Gasteiger partial charge < -0.3 is 28.8 Å². The van der Waals surface area contributed by atoms with Gasteiger partial charge in [0.25, 0.3) is 0 Å². The molecule has 2 aliphatic rings. The molecule has 8 heteroatoms. The van der Waals surface area contributed by atoms with E-state index in [0.29, 0.717) is 17.7 Å². The van der Waals surface area contributed by atoms with Crippen molar-refractivity contribution in [1.82, 2.24) is 0 Å². The minimum Gasteiger partial charge on any atom is -0.508 e. The lowest BCUT2D eigenvalue weighted by atomic mass is 10.1. The van der Waals surface area contributed by atoms with Gasteiger partial charge in [-0.2, -0.15) is 0 Å². The van der Waals surface area contributed by atoms with Gasteiger partial charge in [0.05, 0.1) is 24.3 Å². The standard InChI is InChI=1S/C21H20O8/c1-25-16-10-26-19-17(11-27-18(16)19)29-21(24)13-4-8-15(9-5-13)28-20(23)12-2-6-14(22)7-3-12/h2-9,16-19,22H,10-11H2,1H3/t16-,17+,18?,19?/m1/s1. The average Bonchev–Trinajstić information content (AvgIpc) is 3.31. The van der Waals surface area contributed by atoms with Crippen LogP contribution >= 0.6 is 0 Å². The number of carbonyl (C=O) groups is 2. The number of rotatable bonds is 5. The largest absolute Gasteiger partial charge is 0.508 e. The molecule has 1 N–H and O–H groups in total. The number of ether oxygens (including phenoxy) is 5. The summed E-state index contributed by atoms with van der Waals surface area (Å²) in [6.07, 6.45) is -1.24. The molecule has 0 spiro atoms. The number of hydrogen-bond donors (Lipinski definition) is 1. The van der Waals surface area contributed by atoms with E-state index in [1.807, 2.05) is 0 Å². The number of esters is 2. The predicted octanol–water partition coefficient (Wildman–Crippen LogP) is 1.95. The molecule has 4 rings (SSSR count). The lowest BCUT2D eigenvalue weighted by Gasteiger charge is -2.16. The van der Waals surface area contributed by atoms with Crippen molar-refractivity contribution in [1.29, 1.82) is 0 Å². The van der Waals surface area contributed by atoms with E-state index < -0.39 is 18.0 Å². The van der Waals surface area contributed by atoms with E-state index in [1.54, 1.807) is 7.11 Å².